The summed E-state index contributed by atoms with van der Waals surface area (Å²) >= 11 is 0. The van der Waals surface area contributed by atoms with Crippen LogP contribution in [0, 0.1) is 0 Å². The smallest absolute Gasteiger partial charge is 0.240 e. The first-order valence-electron chi connectivity index (χ1n) is 7.23. The van der Waals surface area contributed by atoms with Gasteiger partial charge in [0.25, 0.3) is 0 Å². The Bertz CT molecular complexity index is 902. The van der Waals surface area contributed by atoms with Crippen molar-refractivity contribution in [3.63, 3.8) is 0 Å². The fourth-order valence-electron chi connectivity index (χ4n) is 2.24. The number of nitrogens with one attached hydrogen (secondary N) is 2. The summed E-state index contributed by atoms with van der Waals surface area (Å²) in [6.07, 6.45) is 1.61. The molecule has 1 aromatic heterocycles. The fourth-order valence-corrected chi connectivity index (χ4v) is 3.25. The summed E-state index contributed by atoms with van der Waals surface area (Å²) in [5.74, 6) is 0.649. The maximum atomic E-state index is 12.3. The van der Waals surface area contributed by atoms with Crippen molar-refractivity contribution >= 4 is 21.1 Å². The van der Waals surface area contributed by atoms with E-state index in [0.717, 1.165) is 16.6 Å². The van der Waals surface area contributed by atoms with Crippen molar-refractivity contribution < 1.29 is 13.2 Å². The van der Waals surface area contributed by atoms with Crippen LogP contribution in [0.1, 0.15) is 12.5 Å². The van der Waals surface area contributed by atoms with E-state index in [1.54, 1.807) is 18.5 Å². The zero-order valence-electron chi connectivity index (χ0n) is 12.6. The molecule has 0 spiro atoms. The van der Waals surface area contributed by atoms with Gasteiger partial charge in [-0.1, -0.05) is 6.07 Å². The second-order valence-corrected chi connectivity index (χ2v) is 6.75. The lowest BCUT2D eigenvalue weighted by molar-refractivity contribution is 0.340. The topological polar surface area (TPSA) is 84.1 Å². The van der Waals surface area contributed by atoms with E-state index in [4.69, 9.17) is 4.74 Å². The van der Waals surface area contributed by atoms with Crippen molar-refractivity contribution in [1.82, 2.24) is 14.7 Å². The molecule has 6 nitrogen and oxygen atoms in total. The van der Waals surface area contributed by atoms with Gasteiger partial charge in [-0.15, -0.1) is 0 Å². The van der Waals surface area contributed by atoms with Crippen LogP contribution in [-0.2, 0) is 16.6 Å². The average Bonchev–Trinajstić information content (AvgIpc) is 3.01. The molecule has 0 unspecified atom stereocenters. The summed E-state index contributed by atoms with van der Waals surface area (Å²) in [6.45, 7) is 2.63. The van der Waals surface area contributed by atoms with Crippen LogP contribution in [0.25, 0.3) is 11.0 Å². The van der Waals surface area contributed by atoms with Gasteiger partial charge < -0.3 is 9.72 Å². The number of hydrogen-bond donors (Lipinski definition) is 2. The van der Waals surface area contributed by atoms with Crippen LogP contribution in [-0.4, -0.2) is 25.0 Å². The summed E-state index contributed by atoms with van der Waals surface area (Å²) in [6, 6.07) is 11.9. The van der Waals surface area contributed by atoms with Gasteiger partial charge in [0, 0.05) is 6.54 Å². The second-order valence-electron chi connectivity index (χ2n) is 4.98. The maximum absolute atomic E-state index is 12.3. The predicted octanol–water partition coefficient (Wildman–Crippen LogP) is 2.44. The Morgan fingerprint density at radius 3 is 2.70 bits per heavy atom. The number of sulfonamides is 1. The minimum absolute atomic E-state index is 0.212. The van der Waals surface area contributed by atoms with Gasteiger partial charge in [0.1, 0.15) is 5.75 Å². The molecule has 120 valence electrons. The highest BCUT2D eigenvalue weighted by atomic mass is 32.2. The van der Waals surface area contributed by atoms with Crippen molar-refractivity contribution in [3.05, 3.63) is 54.4 Å². The number of fused-ring (bicyclic) bond motifs is 1. The molecule has 0 radical (unpaired) electrons. The predicted molar refractivity (Wildman–Crippen MR) is 87.7 cm³/mol. The van der Waals surface area contributed by atoms with E-state index in [1.165, 1.54) is 12.1 Å². The largest absolute Gasteiger partial charge is 0.494 e. The summed E-state index contributed by atoms with van der Waals surface area (Å²) in [4.78, 5) is 7.35. The van der Waals surface area contributed by atoms with Gasteiger partial charge in [-0.25, -0.2) is 18.1 Å². The van der Waals surface area contributed by atoms with Crippen LogP contribution >= 0.6 is 0 Å². The quantitative estimate of drug-likeness (QED) is 0.726. The second kappa shape index (κ2) is 6.39. The van der Waals surface area contributed by atoms with Crippen molar-refractivity contribution in [1.29, 1.82) is 0 Å². The minimum Gasteiger partial charge on any atom is -0.494 e. The molecular formula is C16H17N3O3S. The number of H-pyrrole nitrogens is 1. The van der Waals surface area contributed by atoms with Crippen LogP contribution in [0.3, 0.4) is 0 Å². The van der Waals surface area contributed by atoms with E-state index in [1.807, 2.05) is 25.1 Å². The number of imidazole rings is 1. The van der Waals surface area contributed by atoms with Gasteiger partial charge in [0.15, 0.2) is 0 Å². The molecule has 7 heteroatoms. The highest BCUT2D eigenvalue weighted by Gasteiger charge is 2.13. The zero-order valence-corrected chi connectivity index (χ0v) is 13.4. The number of ether oxygens (including phenoxy) is 1. The number of nitrogens with zero attached hydrogens (tertiary/aromatic N) is 1. The van der Waals surface area contributed by atoms with Crippen LogP contribution in [0.4, 0.5) is 0 Å². The zero-order chi connectivity index (χ0) is 16.3. The van der Waals surface area contributed by atoms with Crippen LogP contribution in [0.5, 0.6) is 5.75 Å². The molecule has 3 aromatic rings. The van der Waals surface area contributed by atoms with Crippen molar-refractivity contribution in [2.45, 2.75) is 18.4 Å². The Kier molecular flexibility index (Phi) is 4.31. The van der Waals surface area contributed by atoms with Gasteiger partial charge >= 0.3 is 0 Å². The third-order valence-corrected chi connectivity index (χ3v) is 4.81. The number of aromatic amines is 1. The van der Waals surface area contributed by atoms with Crippen LogP contribution in [0.2, 0.25) is 0 Å². The van der Waals surface area contributed by atoms with Crippen molar-refractivity contribution in [2.75, 3.05) is 6.61 Å². The Hall–Kier alpha value is -2.38. The summed E-state index contributed by atoms with van der Waals surface area (Å²) < 4.78 is 32.5. The lowest BCUT2D eigenvalue weighted by atomic mass is 10.2. The standard InChI is InChI=1S/C16H17N3O3S/c1-2-22-13-4-6-14(7-5-13)23(20,21)19-10-12-3-8-15-16(9-12)18-11-17-15/h3-9,11,19H,2,10H2,1H3,(H,17,18). The molecule has 0 amide bonds. The molecule has 0 saturated heterocycles. The third kappa shape index (κ3) is 3.52. The Morgan fingerprint density at radius 2 is 1.96 bits per heavy atom. The van der Waals surface area contributed by atoms with Gasteiger partial charge in [-0.3, -0.25) is 0 Å². The number of benzene rings is 2. The molecule has 0 fully saturated rings. The summed E-state index contributed by atoms with van der Waals surface area (Å²) in [5, 5.41) is 0. The molecule has 0 atom stereocenters. The summed E-state index contributed by atoms with van der Waals surface area (Å²) in [5.41, 5.74) is 2.59. The van der Waals surface area contributed by atoms with E-state index >= 15 is 0 Å². The normalized spacial score (nSPS) is 11.7. The minimum atomic E-state index is -3.56. The number of hydrogen-bond acceptors (Lipinski definition) is 4. The Balaban J connectivity index is 1.72. The maximum Gasteiger partial charge on any atom is 0.240 e. The molecule has 23 heavy (non-hydrogen) atoms. The van der Waals surface area contributed by atoms with E-state index in [0.29, 0.717) is 12.4 Å². The van der Waals surface area contributed by atoms with Gasteiger partial charge in [0.2, 0.25) is 10.0 Å². The molecule has 0 aliphatic carbocycles. The number of rotatable bonds is 6. The highest BCUT2D eigenvalue weighted by Crippen LogP contribution is 2.17. The van der Waals surface area contributed by atoms with Gasteiger partial charge in [-0.2, -0.15) is 0 Å². The number of aromatic nitrogens is 2. The monoisotopic (exact) mass is 331 g/mol. The van der Waals surface area contributed by atoms with Gasteiger partial charge in [0.05, 0.1) is 28.9 Å². The van der Waals surface area contributed by atoms with Gasteiger partial charge in [-0.05, 0) is 48.9 Å². The van der Waals surface area contributed by atoms with Crippen molar-refractivity contribution in [2.24, 2.45) is 0 Å². The van der Waals surface area contributed by atoms with E-state index in [2.05, 4.69) is 14.7 Å². The third-order valence-electron chi connectivity index (χ3n) is 3.40. The fraction of sp³-hybridized carbons (Fsp3) is 0.188. The van der Waals surface area contributed by atoms with E-state index in [-0.39, 0.29) is 11.4 Å². The molecule has 0 aliphatic heterocycles. The molecular weight excluding hydrogens is 314 g/mol. The average molecular weight is 331 g/mol. The molecule has 1 heterocycles. The SMILES string of the molecule is CCOc1ccc(S(=O)(=O)NCc2ccc3nc[nH]c3c2)cc1. The van der Waals surface area contributed by atoms with E-state index < -0.39 is 10.0 Å². The molecule has 2 N–H and O–H groups in total. The molecule has 2 aromatic carbocycles. The lowest BCUT2D eigenvalue weighted by Gasteiger charge is -2.08. The highest BCUT2D eigenvalue weighted by molar-refractivity contribution is 7.89. The first-order chi connectivity index (χ1) is 11.1. The molecule has 0 bridgehead atoms. The first kappa shape index (κ1) is 15.5. The summed E-state index contributed by atoms with van der Waals surface area (Å²) in [7, 11) is -3.56. The van der Waals surface area contributed by atoms with E-state index in [9.17, 15) is 8.42 Å². The van der Waals surface area contributed by atoms with Crippen LogP contribution in [0.15, 0.2) is 53.7 Å². The van der Waals surface area contributed by atoms with Crippen molar-refractivity contribution in [3.8, 4) is 5.75 Å². The Labute approximate surface area is 134 Å². The molecule has 0 aliphatic rings. The van der Waals surface area contributed by atoms with Crippen LogP contribution < -0.4 is 9.46 Å². The first-order valence-corrected chi connectivity index (χ1v) is 8.71. The molecule has 3 rings (SSSR count). The Morgan fingerprint density at radius 1 is 1.17 bits per heavy atom. The molecule has 0 saturated carbocycles. The lowest BCUT2D eigenvalue weighted by Crippen LogP contribution is -2.23.